The summed E-state index contributed by atoms with van der Waals surface area (Å²) < 4.78 is 0. The van der Waals surface area contributed by atoms with Crippen molar-refractivity contribution in [1.29, 1.82) is 5.26 Å². The van der Waals surface area contributed by atoms with E-state index < -0.39 is 0 Å². The first-order chi connectivity index (χ1) is 5.83. The monoisotopic (exact) mass is 181 g/mol. The molecular formula is C8H8ClN3. The van der Waals surface area contributed by atoms with Crippen molar-refractivity contribution < 1.29 is 0 Å². The Kier molecular flexibility index (Phi) is 3.36. The Morgan fingerprint density at radius 2 is 2.42 bits per heavy atom. The fourth-order valence-electron chi connectivity index (χ4n) is 0.727. The van der Waals surface area contributed by atoms with Gasteiger partial charge in [-0.2, -0.15) is 5.26 Å². The third-order valence-electron chi connectivity index (χ3n) is 1.27. The van der Waals surface area contributed by atoms with E-state index in [1.165, 1.54) is 0 Å². The summed E-state index contributed by atoms with van der Waals surface area (Å²) in [5.74, 6) is 0.745. The smallest absolute Gasteiger partial charge is 0.126 e. The number of nitrogens with one attached hydrogen (secondary N) is 1. The molecule has 0 unspecified atom stereocenters. The molecule has 0 saturated carbocycles. The van der Waals surface area contributed by atoms with Gasteiger partial charge in [0.25, 0.3) is 0 Å². The van der Waals surface area contributed by atoms with Crippen molar-refractivity contribution in [2.75, 3.05) is 11.9 Å². The van der Waals surface area contributed by atoms with Crippen molar-refractivity contribution in [2.45, 2.75) is 6.42 Å². The molecule has 0 fully saturated rings. The van der Waals surface area contributed by atoms with E-state index in [0.717, 1.165) is 5.82 Å². The van der Waals surface area contributed by atoms with Gasteiger partial charge in [-0.05, 0) is 12.1 Å². The Balaban J connectivity index is 2.43. The summed E-state index contributed by atoms with van der Waals surface area (Å²) in [5.41, 5.74) is 0. The minimum Gasteiger partial charge on any atom is -0.369 e. The second kappa shape index (κ2) is 4.58. The number of nitrogens with zero attached hydrogens (tertiary/aromatic N) is 2. The van der Waals surface area contributed by atoms with Crippen molar-refractivity contribution in [2.24, 2.45) is 0 Å². The number of hydrogen-bond donors (Lipinski definition) is 1. The van der Waals surface area contributed by atoms with E-state index in [2.05, 4.69) is 10.3 Å². The zero-order valence-corrected chi connectivity index (χ0v) is 7.17. The van der Waals surface area contributed by atoms with Crippen molar-refractivity contribution >= 4 is 17.4 Å². The second-order valence-electron chi connectivity index (χ2n) is 2.20. The lowest BCUT2D eigenvalue weighted by Gasteiger charge is -2.00. The third kappa shape index (κ3) is 2.77. The summed E-state index contributed by atoms with van der Waals surface area (Å²) in [6, 6.07) is 5.56. The molecule has 0 atom stereocenters. The highest BCUT2D eigenvalue weighted by Crippen LogP contribution is 2.08. The van der Waals surface area contributed by atoms with Crippen LogP contribution in [-0.4, -0.2) is 11.5 Å². The lowest BCUT2D eigenvalue weighted by molar-refractivity contribution is 1.06. The van der Waals surface area contributed by atoms with Crippen LogP contribution in [0.25, 0.3) is 0 Å². The van der Waals surface area contributed by atoms with Crippen LogP contribution < -0.4 is 5.32 Å². The van der Waals surface area contributed by atoms with Gasteiger partial charge in [-0.1, -0.05) is 11.6 Å². The van der Waals surface area contributed by atoms with Crippen LogP contribution in [0.1, 0.15) is 6.42 Å². The number of anilines is 1. The first-order valence-electron chi connectivity index (χ1n) is 3.55. The Bertz CT molecular complexity index is 275. The van der Waals surface area contributed by atoms with Crippen LogP contribution in [0.5, 0.6) is 0 Å². The van der Waals surface area contributed by atoms with E-state index in [-0.39, 0.29) is 0 Å². The summed E-state index contributed by atoms with van der Waals surface area (Å²) in [6.45, 7) is 0.616. The summed E-state index contributed by atoms with van der Waals surface area (Å²) in [6.07, 6.45) is 2.04. The van der Waals surface area contributed by atoms with Crippen LogP contribution in [0.15, 0.2) is 18.3 Å². The maximum Gasteiger partial charge on any atom is 0.126 e. The van der Waals surface area contributed by atoms with Gasteiger partial charge in [0.05, 0.1) is 17.5 Å². The number of hydrogen-bond acceptors (Lipinski definition) is 3. The van der Waals surface area contributed by atoms with Gasteiger partial charge in [0.2, 0.25) is 0 Å². The maximum absolute atomic E-state index is 8.26. The molecule has 1 heterocycles. The molecule has 0 bridgehead atoms. The Labute approximate surface area is 76.0 Å². The Morgan fingerprint density at radius 3 is 3.00 bits per heavy atom. The molecule has 62 valence electrons. The molecule has 0 aromatic carbocycles. The van der Waals surface area contributed by atoms with Crippen molar-refractivity contribution in [3.63, 3.8) is 0 Å². The molecular weight excluding hydrogens is 174 g/mol. The SMILES string of the molecule is N#CCCNc1ccc(Cl)cn1. The molecule has 0 aliphatic heterocycles. The van der Waals surface area contributed by atoms with Crippen molar-refractivity contribution in [3.05, 3.63) is 23.4 Å². The van der Waals surface area contributed by atoms with E-state index in [1.807, 2.05) is 6.07 Å². The molecule has 3 nitrogen and oxygen atoms in total. The maximum atomic E-state index is 8.26. The third-order valence-corrected chi connectivity index (χ3v) is 1.49. The molecule has 0 saturated heterocycles. The van der Waals surface area contributed by atoms with E-state index in [9.17, 15) is 0 Å². The first-order valence-corrected chi connectivity index (χ1v) is 3.93. The highest BCUT2D eigenvalue weighted by Gasteiger charge is 1.91. The zero-order valence-electron chi connectivity index (χ0n) is 6.42. The fraction of sp³-hybridized carbons (Fsp3) is 0.250. The molecule has 1 aromatic rings. The van der Waals surface area contributed by atoms with Gasteiger partial charge in [-0.3, -0.25) is 0 Å². The van der Waals surface area contributed by atoms with E-state index in [4.69, 9.17) is 16.9 Å². The molecule has 4 heteroatoms. The second-order valence-corrected chi connectivity index (χ2v) is 2.63. The number of aromatic nitrogens is 1. The summed E-state index contributed by atoms with van der Waals surface area (Å²) >= 11 is 5.63. The van der Waals surface area contributed by atoms with Crippen LogP contribution in [0.3, 0.4) is 0 Å². The minimum absolute atomic E-state index is 0.476. The molecule has 1 aromatic heterocycles. The van der Waals surface area contributed by atoms with Crippen molar-refractivity contribution in [3.8, 4) is 6.07 Å². The molecule has 0 spiro atoms. The number of pyridine rings is 1. The highest BCUT2D eigenvalue weighted by molar-refractivity contribution is 6.30. The number of halogens is 1. The summed E-state index contributed by atoms with van der Waals surface area (Å²) in [7, 11) is 0. The van der Waals surface area contributed by atoms with Gasteiger partial charge < -0.3 is 5.32 Å². The minimum atomic E-state index is 0.476. The van der Waals surface area contributed by atoms with Crippen LogP contribution in [-0.2, 0) is 0 Å². The number of rotatable bonds is 3. The first kappa shape index (κ1) is 8.82. The molecule has 0 radical (unpaired) electrons. The standard InChI is InChI=1S/C8H8ClN3/c9-7-2-3-8(12-6-7)11-5-1-4-10/h2-3,6H,1,5H2,(H,11,12). The lowest BCUT2D eigenvalue weighted by atomic mass is 10.4. The number of nitriles is 1. The van der Waals surface area contributed by atoms with Gasteiger partial charge in [-0.25, -0.2) is 4.98 Å². The molecule has 1 rings (SSSR count). The average Bonchev–Trinajstić information content (AvgIpc) is 2.09. The fourth-order valence-corrected chi connectivity index (χ4v) is 0.839. The summed E-state index contributed by atoms with van der Waals surface area (Å²) in [5, 5.41) is 11.8. The highest BCUT2D eigenvalue weighted by atomic mass is 35.5. The van der Waals surface area contributed by atoms with Crippen molar-refractivity contribution in [1.82, 2.24) is 4.98 Å². The van der Waals surface area contributed by atoms with E-state index in [0.29, 0.717) is 18.0 Å². The predicted molar refractivity (Wildman–Crippen MR) is 48.0 cm³/mol. The Morgan fingerprint density at radius 1 is 1.58 bits per heavy atom. The average molecular weight is 182 g/mol. The van der Waals surface area contributed by atoms with Gasteiger partial charge in [-0.15, -0.1) is 0 Å². The van der Waals surface area contributed by atoms with Gasteiger partial charge in [0.15, 0.2) is 0 Å². The molecule has 0 aliphatic rings. The van der Waals surface area contributed by atoms with Gasteiger partial charge in [0.1, 0.15) is 5.82 Å². The Hall–Kier alpha value is -1.27. The molecule has 1 N–H and O–H groups in total. The zero-order chi connectivity index (χ0) is 8.81. The predicted octanol–water partition coefficient (Wildman–Crippen LogP) is 2.06. The molecule has 0 aliphatic carbocycles. The quantitative estimate of drug-likeness (QED) is 0.727. The topological polar surface area (TPSA) is 48.7 Å². The van der Waals surface area contributed by atoms with Gasteiger partial charge in [0, 0.05) is 12.7 Å². The lowest BCUT2D eigenvalue weighted by Crippen LogP contribution is -2.01. The van der Waals surface area contributed by atoms with Crippen LogP contribution >= 0.6 is 11.6 Å². The summed E-state index contributed by atoms with van der Waals surface area (Å²) in [4.78, 5) is 4.00. The van der Waals surface area contributed by atoms with Crippen LogP contribution in [0.2, 0.25) is 5.02 Å². The largest absolute Gasteiger partial charge is 0.369 e. The van der Waals surface area contributed by atoms with Crippen LogP contribution in [0, 0.1) is 11.3 Å². The van der Waals surface area contributed by atoms with Crippen LogP contribution in [0.4, 0.5) is 5.82 Å². The van der Waals surface area contributed by atoms with Gasteiger partial charge >= 0.3 is 0 Å². The van der Waals surface area contributed by atoms with E-state index >= 15 is 0 Å². The molecule has 0 amide bonds. The van der Waals surface area contributed by atoms with E-state index in [1.54, 1.807) is 18.3 Å². The molecule has 12 heavy (non-hydrogen) atoms. The normalized spacial score (nSPS) is 9.00.